The van der Waals surface area contributed by atoms with Gasteiger partial charge in [-0.2, -0.15) is 5.10 Å². The molecule has 4 rings (SSSR count). The summed E-state index contributed by atoms with van der Waals surface area (Å²) in [7, 11) is 0. The van der Waals surface area contributed by atoms with Gasteiger partial charge >= 0.3 is 0 Å². The summed E-state index contributed by atoms with van der Waals surface area (Å²) in [5.74, 6) is 0.613. The minimum absolute atomic E-state index is 0.464. The second-order valence-corrected chi connectivity index (χ2v) is 7.20. The molecule has 0 spiro atoms. The Labute approximate surface area is 156 Å². The average molecular weight is 363 g/mol. The molecule has 27 heavy (non-hydrogen) atoms. The number of hydrogen-bond acceptors (Lipinski definition) is 7. The third-order valence-electron chi connectivity index (χ3n) is 4.78. The first kappa shape index (κ1) is 17.4. The van der Waals surface area contributed by atoms with Gasteiger partial charge in [-0.1, -0.05) is 24.3 Å². The van der Waals surface area contributed by atoms with Crippen molar-refractivity contribution in [3.8, 4) is 0 Å². The summed E-state index contributed by atoms with van der Waals surface area (Å²) in [6, 6.07) is 7.82. The highest BCUT2D eigenvalue weighted by Crippen LogP contribution is 2.32. The van der Waals surface area contributed by atoms with Gasteiger partial charge in [0.15, 0.2) is 11.4 Å². The predicted molar refractivity (Wildman–Crippen MR) is 103 cm³/mol. The molecule has 0 radical (unpaired) electrons. The lowest BCUT2D eigenvalue weighted by atomic mass is 9.97. The van der Waals surface area contributed by atoms with E-state index in [-0.39, 0.29) is 0 Å². The zero-order chi connectivity index (χ0) is 19.2. The van der Waals surface area contributed by atoms with Gasteiger partial charge in [-0.25, -0.2) is 9.97 Å². The lowest BCUT2D eigenvalue weighted by Crippen LogP contribution is -2.15. The maximum Gasteiger partial charge on any atom is 0.249 e. The molecule has 138 valence electrons. The van der Waals surface area contributed by atoms with Crippen molar-refractivity contribution in [3.05, 3.63) is 53.0 Å². The van der Waals surface area contributed by atoms with Gasteiger partial charge in [0.05, 0.1) is 16.7 Å². The number of nitrogens with one attached hydrogen (secondary N) is 1. The van der Waals surface area contributed by atoms with Gasteiger partial charge in [0.25, 0.3) is 0 Å². The molecule has 0 aliphatic heterocycles. The van der Waals surface area contributed by atoms with Crippen LogP contribution in [0.2, 0.25) is 0 Å². The van der Waals surface area contributed by atoms with E-state index in [0.29, 0.717) is 23.7 Å². The Morgan fingerprint density at radius 1 is 1.07 bits per heavy atom. The van der Waals surface area contributed by atoms with Gasteiger partial charge in [-0.3, -0.25) is 0 Å². The van der Waals surface area contributed by atoms with Crippen LogP contribution in [0.3, 0.4) is 0 Å². The Kier molecular flexibility index (Phi) is 4.04. The Balaban J connectivity index is 1.66. The molecule has 0 aliphatic carbocycles. The van der Waals surface area contributed by atoms with Crippen LogP contribution < -0.4 is 5.32 Å². The third-order valence-corrected chi connectivity index (χ3v) is 4.78. The largest absolute Gasteiger partial charge is 0.431 e. The molecule has 7 nitrogen and oxygen atoms in total. The second-order valence-electron chi connectivity index (χ2n) is 7.20. The number of aliphatic hydroxyl groups is 1. The zero-order valence-electron chi connectivity index (χ0n) is 15.7. The number of benzene rings is 1. The van der Waals surface area contributed by atoms with E-state index in [1.807, 2.05) is 38.1 Å². The minimum atomic E-state index is -0.851. The number of aromatic nitrogens is 4. The van der Waals surface area contributed by atoms with Crippen LogP contribution in [0.4, 0.5) is 5.82 Å². The van der Waals surface area contributed by atoms with Gasteiger partial charge in [-0.15, -0.1) is 5.10 Å². The molecule has 0 saturated carbocycles. The van der Waals surface area contributed by atoms with Crippen LogP contribution in [-0.4, -0.2) is 25.3 Å². The molecule has 0 aliphatic rings. The van der Waals surface area contributed by atoms with Crippen LogP contribution >= 0.6 is 0 Å². The van der Waals surface area contributed by atoms with Crippen molar-refractivity contribution in [1.82, 2.24) is 20.2 Å². The Morgan fingerprint density at radius 3 is 2.52 bits per heavy atom. The van der Waals surface area contributed by atoms with Crippen molar-refractivity contribution < 1.29 is 9.52 Å². The summed E-state index contributed by atoms with van der Waals surface area (Å²) < 4.78 is 5.88. The molecule has 0 fully saturated rings. The number of fused-ring (bicyclic) bond motifs is 3. The highest BCUT2D eigenvalue weighted by Gasteiger charge is 2.18. The average Bonchev–Trinajstić information content (AvgIpc) is 3.02. The molecular formula is C20H21N5O2. The quantitative estimate of drug-likeness (QED) is 0.571. The van der Waals surface area contributed by atoms with Crippen LogP contribution in [0.15, 0.2) is 35.0 Å². The SMILES string of the molecule is Cc1nnc2oc3c(NCc4ccc(C(C)(C)O)cc4)ncnc3c2c1C. The molecule has 4 aromatic rings. The third kappa shape index (κ3) is 3.10. The number of hydrogen-bond donors (Lipinski definition) is 2. The van der Waals surface area contributed by atoms with Gasteiger partial charge < -0.3 is 14.8 Å². The van der Waals surface area contributed by atoms with Gasteiger partial charge in [0.1, 0.15) is 11.8 Å². The molecule has 2 N–H and O–H groups in total. The highest BCUT2D eigenvalue weighted by atomic mass is 16.3. The zero-order valence-corrected chi connectivity index (χ0v) is 15.7. The van der Waals surface area contributed by atoms with Crippen molar-refractivity contribution in [1.29, 1.82) is 0 Å². The molecular weight excluding hydrogens is 342 g/mol. The molecule has 1 aromatic carbocycles. The molecule has 0 saturated heterocycles. The summed E-state index contributed by atoms with van der Waals surface area (Å²) >= 11 is 0. The number of nitrogens with zero attached hydrogens (tertiary/aromatic N) is 4. The first-order valence-electron chi connectivity index (χ1n) is 8.77. The standard InChI is InChI=1S/C20H21N5O2/c1-11-12(2)24-25-19-15(11)16-17(27-19)18(23-10-22-16)21-9-13-5-7-14(8-6-13)20(3,4)26/h5-8,10,26H,9H2,1-4H3,(H,21,22,23). The number of anilines is 1. The topological polar surface area (TPSA) is 97.0 Å². The summed E-state index contributed by atoms with van der Waals surface area (Å²) in [6.45, 7) is 8.01. The lowest BCUT2D eigenvalue weighted by Gasteiger charge is -2.18. The van der Waals surface area contributed by atoms with Crippen LogP contribution in [-0.2, 0) is 12.1 Å². The summed E-state index contributed by atoms with van der Waals surface area (Å²) in [4.78, 5) is 8.71. The minimum Gasteiger partial charge on any atom is -0.431 e. The van der Waals surface area contributed by atoms with Crippen molar-refractivity contribution >= 4 is 28.0 Å². The van der Waals surface area contributed by atoms with Gasteiger partial charge in [0, 0.05) is 6.54 Å². The van der Waals surface area contributed by atoms with Crippen LogP contribution in [0, 0.1) is 13.8 Å². The summed E-state index contributed by atoms with van der Waals surface area (Å²) in [5.41, 5.74) is 4.71. The summed E-state index contributed by atoms with van der Waals surface area (Å²) in [5, 5.41) is 22.5. The normalized spacial score (nSPS) is 12.0. The molecule has 3 aromatic heterocycles. The molecule has 0 unspecified atom stereocenters. The van der Waals surface area contributed by atoms with Crippen LogP contribution in [0.1, 0.15) is 36.2 Å². The van der Waals surface area contributed by atoms with E-state index in [0.717, 1.165) is 33.3 Å². The van der Waals surface area contributed by atoms with E-state index in [1.165, 1.54) is 6.33 Å². The van der Waals surface area contributed by atoms with Gasteiger partial charge in [0.2, 0.25) is 5.71 Å². The maximum atomic E-state index is 10.1. The van der Waals surface area contributed by atoms with E-state index < -0.39 is 5.60 Å². The fraction of sp³-hybridized carbons (Fsp3) is 0.300. The fourth-order valence-corrected chi connectivity index (χ4v) is 3.02. The van der Waals surface area contributed by atoms with E-state index in [9.17, 15) is 5.11 Å². The number of furan rings is 1. The van der Waals surface area contributed by atoms with E-state index in [4.69, 9.17) is 4.42 Å². The van der Waals surface area contributed by atoms with E-state index in [2.05, 4.69) is 25.5 Å². The monoisotopic (exact) mass is 363 g/mol. The molecule has 0 amide bonds. The van der Waals surface area contributed by atoms with Crippen LogP contribution in [0.25, 0.3) is 22.2 Å². The maximum absolute atomic E-state index is 10.1. The molecule has 0 bridgehead atoms. The van der Waals surface area contributed by atoms with Crippen molar-refractivity contribution in [2.24, 2.45) is 0 Å². The second kappa shape index (κ2) is 6.28. The van der Waals surface area contributed by atoms with Crippen molar-refractivity contribution in [2.75, 3.05) is 5.32 Å². The Morgan fingerprint density at radius 2 is 1.81 bits per heavy atom. The first-order valence-corrected chi connectivity index (χ1v) is 8.77. The van der Waals surface area contributed by atoms with Crippen LogP contribution in [0.5, 0.6) is 0 Å². The first-order chi connectivity index (χ1) is 12.8. The predicted octanol–water partition coefficient (Wildman–Crippen LogP) is 3.62. The Bertz CT molecular complexity index is 1130. The van der Waals surface area contributed by atoms with Crippen molar-refractivity contribution in [2.45, 2.75) is 39.8 Å². The number of aryl methyl sites for hydroxylation is 2. The van der Waals surface area contributed by atoms with Gasteiger partial charge in [-0.05, 0) is 44.4 Å². The summed E-state index contributed by atoms with van der Waals surface area (Å²) in [6.07, 6.45) is 1.52. The van der Waals surface area contributed by atoms with E-state index >= 15 is 0 Å². The molecule has 0 atom stereocenters. The fourth-order valence-electron chi connectivity index (χ4n) is 3.02. The Hall–Kier alpha value is -3.06. The highest BCUT2D eigenvalue weighted by molar-refractivity contribution is 6.05. The van der Waals surface area contributed by atoms with E-state index in [1.54, 1.807) is 13.8 Å². The van der Waals surface area contributed by atoms with Crippen molar-refractivity contribution in [3.63, 3.8) is 0 Å². The number of rotatable bonds is 4. The smallest absolute Gasteiger partial charge is 0.249 e. The molecule has 7 heteroatoms. The lowest BCUT2D eigenvalue weighted by molar-refractivity contribution is 0.0786. The molecule has 3 heterocycles.